The van der Waals surface area contributed by atoms with Crippen LogP contribution in [0.3, 0.4) is 0 Å². The van der Waals surface area contributed by atoms with Gasteiger partial charge in [-0.05, 0) is 25.3 Å². The number of aldehydes is 1. The number of rotatable bonds is 6. The van der Waals surface area contributed by atoms with E-state index in [1.807, 2.05) is 0 Å². The molecule has 2 aromatic heterocycles. The minimum absolute atomic E-state index is 0.0420. The van der Waals surface area contributed by atoms with Crippen LogP contribution < -0.4 is 15.0 Å². The summed E-state index contributed by atoms with van der Waals surface area (Å²) in [6.07, 6.45) is 4.89. The number of carbonyl (C=O) groups excluding carboxylic acids is 2. The number of pyridine rings is 2. The topological polar surface area (TPSA) is 148 Å². The minimum Gasteiger partial charge on any atom is -0.489 e. The highest BCUT2D eigenvalue weighted by Crippen LogP contribution is 2.41. The van der Waals surface area contributed by atoms with Crippen LogP contribution in [-0.2, 0) is 17.8 Å². The van der Waals surface area contributed by atoms with E-state index >= 15 is 0 Å². The van der Waals surface area contributed by atoms with E-state index in [0.29, 0.717) is 42.7 Å². The summed E-state index contributed by atoms with van der Waals surface area (Å²) >= 11 is 0. The molecule has 4 heterocycles. The summed E-state index contributed by atoms with van der Waals surface area (Å²) < 4.78 is 10.9. The Morgan fingerprint density at radius 2 is 2.28 bits per heavy atom. The van der Waals surface area contributed by atoms with Crippen molar-refractivity contribution < 1.29 is 24.2 Å². The lowest BCUT2D eigenvalue weighted by molar-refractivity contribution is 0.0678. The number of hydrogen-bond donors (Lipinski definition) is 2. The predicted octanol–water partition coefficient (Wildman–Crippen LogP) is 1.87. The number of aliphatic hydroxyl groups excluding tert-OH is 1. The number of primary amides is 1. The Kier molecular flexibility index (Phi) is 6.14. The Morgan fingerprint density at radius 1 is 1.44 bits per heavy atom. The number of carbonyl (C=O) groups is 2. The molecule has 0 aliphatic carbocycles. The average Bonchev–Trinajstić information content (AvgIpc) is 3.34. The lowest BCUT2D eigenvalue weighted by Crippen LogP contribution is -2.56. The SMILES string of the molecule is N#Cc1cnc([N+]2(C(N)=O)CCCc3cc(CO)c(C=O)nc32)cc1OCC1CCCO1. The van der Waals surface area contributed by atoms with Gasteiger partial charge in [-0.15, -0.1) is 4.48 Å². The van der Waals surface area contributed by atoms with Gasteiger partial charge in [-0.3, -0.25) is 4.79 Å². The maximum absolute atomic E-state index is 12.9. The third-order valence-corrected chi connectivity index (χ3v) is 5.96. The number of nitrogens with two attached hydrogens (primary N) is 1. The summed E-state index contributed by atoms with van der Waals surface area (Å²) in [5.74, 6) is 0.827. The van der Waals surface area contributed by atoms with Crippen LogP contribution in [0.1, 0.15) is 46.4 Å². The van der Waals surface area contributed by atoms with Crippen LogP contribution in [-0.4, -0.2) is 53.3 Å². The van der Waals surface area contributed by atoms with Crippen molar-refractivity contribution in [1.29, 1.82) is 5.26 Å². The lowest BCUT2D eigenvalue weighted by Gasteiger charge is -2.35. The van der Waals surface area contributed by atoms with Crippen LogP contribution in [0, 0.1) is 11.3 Å². The van der Waals surface area contributed by atoms with Crippen LogP contribution in [0.4, 0.5) is 16.4 Å². The molecule has 166 valence electrons. The van der Waals surface area contributed by atoms with E-state index in [4.69, 9.17) is 15.2 Å². The number of urea groups is 1. The largest absolute Gasteiger partial charge is 0.489 e. The molecule has 0 bridgehead atoms. The number of aliphatic hydroxyl groups is 1. The van der Waals surface area contributed by atoms with Gasteiger partial charge < -0.3 is 20.3 Å². The fourth-order valence-corrected chi connectivity index (χ4v) is 4.31. The number of aromatic nitrogens is 2. The number of nitriles is 1. The second-order valence-electron chi connectivity index (χ2n) is 7.86. The van der Waals surface area contributed by atoms with Crippen molar-refractivity contribution in [3.05, 3.63) is 40.7 Å². The maximum atomic E-state index is 12.9. The van der Waals surface area contributed by atoms with E-state index < -0.39 is 10.5 Å². The molecule has 2 atom stereocenters. The van der Waals surface area contributed by atoms with E-state index in [0.717, 1.165) is 12.8 Å². The first kappa shape index (κ1) is 21.8. The Bertz CT molecular complexity index is 1090. The second kappa shape index (κ2) is 9.00. The first-order valence-electron chi connectivity index (χ1n) is 10.5. The van der Waals surface area contributed by atoms with Gasteiger partial charge in [0.2, 0.25) is 11.6 Å². The Morgan fingerprint density at radius 3 is 2.94 bits per heavy atom. The molecule has 2 amide bonds. The summed E-state index contributed by atoms with van der Waals surface area (Å²) in [5.41, 5.74) is 7.25. The molecule has 10 heteroatoms. The monoisotopic (exact) mass is 438 g/mol. The van der Waals surface area contributed by atoms with Gasteiger partial charge in [0.15, 0.2) is 6.29 Å². The van der Waals surface area contributed by atoms with Gasteiger partial charge in [-0.2, -0.15) is 10.2 Å². The third-order valence-electron chi connectivity index (χ3n) is 5.96. The summed E-state index contributed by atoms with van der Waals surface area (Å²) in [7, 11) is 0. The second-order valence-corrected chi connectivity index (χ2v) is 7.86. The molecule has 2 aromatic rings. The molecule has 2 aliphatic heterocycles. The Labute approximate surface area is 184 Å². The number of ether oxygens (including phenoxy) is 2. The van der Waals surface area contributed by atoms with Crippen LogP contribution in [0.15, 0.2) is 18.3 Å². The molecular formula is C22H24N5O5+. The van der Waals surface area contributed by atoms with Gasteiger partial charge >= 0.3 is 6.03 Å². The zero-order valence-electron chi connectivity index (χ0n) is 17.5. The van der Waals surface area contributed by atoms with Crippen molar-refractivity contribution >= 4 is 24.0 Å². The number of quaternary nitrogens is 1. The van der Waals surface area contributed by atoms with Crippen molar-refractivity contribution in [3.63, 3.8) is 0 Å². The van der Waals surface area contributed by atoms with Crippen molar-refractivity contribution in [2.24, 2.45) is 5.73 Å². The molecule has 2 aliphatic rings. The molecule has 0 aromatic carbocycles. The summed E-state index contributed by atoms with van der Waals surface area (Å²) in [4.78, 5) is 33.2. The van der Waals surface area contributed by atoms with Gasteiger partial charge in [-0.1, -0.05) is 0 Å². The quantitative estimate of drug-likeness (QED) is 0.513. The van der Waals surface area contributed by atoms with Crippen LogP contribution >= 0.6 is 0 Å². The van der Waals surface area contributed by atoms with Gasteiger partial charge in [0.05, 0.1) is 25.0 Å². The highest BCUT2D eigenvalue weighted by Gasteiger charge is 2.48. The molecule has 1 saturated heterocycles. The molecule has 0 spiro atoms. The molecule has 32 heavy (non-hydrogen) atoms. The molecule has 10 nitrogen and oxygen atoms in total. The van der Waals surface area contributed by atoms with E-state index in [1.165, 1.54) is 12.3 Å². The fraction of sp³-hybridized carbons (Fsp3) is 0.409. The van der Waals surface area contributed by atoms with Crippen molar-refractivity contribution in [2.75, 3.05) is 19.8 Å². The normalized spacial score (nSPS) is 22.1. The molecule has 4 rings (SSSR count). The minimum atomic E-state index is -0.714. The van der Waals surface area contributed by atoms with E-state index in [1.54, 1.807) is 6.07 Å². The zero-order chi connectivity index (χ0) is 22.7. The van der Waals surface area contributed by atoms with Crippen LogP contribution in [0.2, 0.25) is 0 Å². The molecule has 0 saturated carbocycles. The van der Waals surface area contributed by atoms with Gasteiger partial charge in [0.1, 0.15) is 36.2 Å². The van der Waals surface area contributed by atoms with Crippen molar-refractivity contribution in [1.82, 2.24) is 14.5 Å². The third kappa shape index (κ3) is 3.71. The Hall–Kier alpha value is -3.39. The fourth-order valence-electron chi connectivity index (χ4n) is 4.31. The van der Waals surface area contributed by atoms with Gasteiger partial charge in [-0.25, -0.2) is 9.78 Å². The van der Waals surface area contributed by atoms with E-state index in [9.17, 15) is 20.0 Å². The summed E-state index contributed by atoms with van der Waals surface area (Å²) in [6.45, 7) is 0.899. The summed E-state index contributed by atoms with van der Waals surface area (Å²) in [6, 6.07) is 4.56. The molecule has 3 N–H and O–H groups in total. The van der Waals surface area contributed by atoms with Crippen molar-refractivity contribution in [2.45, 2.75) is 38.4 Å². The maximum Gasteiger partial charge on any atom is 0.426 e. The van der Waals surface area contributed by atoms with Crippen molar-refractivity contribution in [3.8, 4) is 11.8 Å². The average molecular weight is 438 g/mol. The van der Waals surface area contributed by atoms with Crippen LogP contribution in [0.25, 0.3) is 0 Å². The highest BCUT2D eigenvalue weighted by molar-refractivity contribution is 5.93. The number of aryl methyl sites for hydroxylation is 1. The first-order chi connectivity index (χ1) is 15.5. The number of nitrogens with zero attached hydrogens (tertiary/aromatic N) is 4. The number of fused-ring (bicyclic) bond motifs is 1. The molecule has 2 unspecified atom stereocenters. The summed E-state index contributed by atoms with van der Waals surface area (Å²) in [5, 5.41) is 19.1. The standard InChI is InChI=1S/C22H23N5O5/c23-9-16-10-25-20(8-19(16)32-13-17-4-2-6-31-17)27(22(24)30)5-1-3-14-7-15(11-28)18(12-29)26-21(14)27/h7-8,10,12,17,28H,1-6,11,13H2,(H-,24,30)/p+1. The number of hydrogen-bond acceptors (Lipinski definition) is 8. The van der Waals surface area contributed by atoms with E-state index in [2.05, 4.69) is 16.0 Å². The van der Waals surface area contributed by atoms with Crippen LogP contribution in [0.5, 0.6) is 5.75 Å². The first-order valence-corrected chi connectivity index (χ1v) is 10.5. The molecular weight excluding hydrogens is 414 g/mol. The molecule has 0 radical (unpaired) electrons. The van der Waals surface area contributed by atoms with E-state index in [-0.39, 0.29) is 48.7 Å². The smallest absolute Gasteiger partial charge is 0.426 e. The number of amides is 2. The highest BCUT2D eigenvalue weighted by atomic mass is 16.5. The Balaban J connectivity index is 1.82. The molecule has 1 fully saturated rings. The van der Waals surface area contributed by atoms with Gasteiger partial charge in [0, 0.05) is 24.2 Å². The predicted molar refractivity (Wildman–Crippen MR) is 113 cm³/mol. The van der Waals surface area contributed by atoms with Gasteiger partial charge in [0.25, 0.3) is 0 Å². The zero-order valence-corrected chi connectivity index (χ0v) is 17.5. The lowest BCUT2D eigenvalue weighted by atomic mass is 9.99.